The fourth-order valence-electron chi connectivity index (χ4n) is 3.76. The maximum absolute atomic E-state index is 13.0. The molecule has 0 spiro atoms. The van der Waals surface area contributed by atoms with Gasteiger partial charge in [0, 0.05) is 30.5 Å². The lowest BCUT2D eigenvalue weighted by Crippen LogP contribution is -2.50. The van der Waals surface area contributed by atoms with Crippen LogP contribution < -0.4 is 15.2 Å². The van der Waals surface area contributed by atoms with Crippen LogP contribution in [0.4, 0.5) is 0 Å². The lowest BCUT2D eigenvalue weighted by atomic mass is 9.77. The number of methoxy groups -OCH3 is 1. The molecule has 0 bridgehead atoms. The molecule has 148 valence electrons. The molecule has 0 unspecified atom stereocenters. The second-order valence-corrected chi connectivity index (χ2v) is 7.31. The van der Waals surface area contributed by atoms with E-state index in [1.165, 1.54) is 0 Å². The fourth-order valence-corrected chi connectivity index (χ4v) is 3.76. The highest BCUT2D eigenvalue weighted by molar-refractivity contribution is 5.94. The SMILES string of the molecule is COc1cccc(C(=O)N2CCC[C@@](COc3ccccc3)(CC(N)=O)C2)c1. The van der Waals surface area contributed by atoms with Gasteiger partial charge in [-0.2, -0.15) is 0 Å². The minimum absolute atomic E-state index is 0.0767. The fraction of sp³-hybridized carbons (Fsp3) is 0.364. The minimum Gasteiger partial charge on any atom is -0.497 e. The van der Waals surface area contributed by atoms with E-state index in [0.29, 0.717) is 31.0 Å². The molecule has 1 aliphatic rings. The lowest BCUT2D eigenvalue weighted by molar-refractivity contribution is -0.122. The molecule has 2 amide bonds. The highest BCUT2D eigenvalue weighted by Gasteiger charge is 2.39. The van der Waals surface area contributed by atoms with Crippen molar-refractivity contribution in [1.82, 2.24) is 4.90 Å². The standard InChI is InChI=1S/C22H26N2O4/c1-27-19-10-5-7-17(13-19)21(26)24-12-6-11-22(15-24,14-20(23)25)16-28-18-8-3-2-4-9-18/h2-5,7-10,13H,6,11-12,14-16H2,1H3,(H2,23,25)/t22-/m1/s1. The summed E-state index contributed by atoms with van der Waals surface area (Å²) in [5, 5.41) is 0. The number of benzene rings is 2. The smallest absolute Gasteiger partial charge is 0.254 e. The third kappa shape index (κ3) is 4.82. The second-order valence-electron chi connectivity index (χ2n) is 7.31. The van der Waals surface area contributed by atoms with E-state index >= 15 is 0 Å². The van der Waals surface area contributed by atoms with Crippen molar-refractivity contribution in [2.24, 2.45) is 11.1 Å². The van der Waals surface area contributed by atoms with E-state index in [-0.39, 0.29) is 18.2 Å². The van der Waals surface area contributed by atoms with E-state index in [0.717, 1.165) is 18.6 Å². The highest BCUT2D eigenvalue weighted by Crippen LogP contribution is 2.35. The van der Waals surface area contributed by atoms with Gasteiger partial charge < -0.3 is 20.1 Å². The molecule has 1 fully saturated rings. The number of ether oxygens (including phenoxy) is 2. The Labute approximate surface area is 165 Å². The first-order chi connectivity index (χ1) is 13.5. The normalized spacial score (nSPS) is 19.1. The Bertz CT molecular complexity index is 824. The molecule has 2 aromatic carbocycles. The summed E-state index contributed by atoms with van der Waals surface area (Å²) in [4.78, 5) is 26.6. The molecule has 1 saturated heterocycles. The summed E-state index contributed by atoms with van der Waals surface area (Å²) < 4.78 is 11.2. The van der Waals surface area contributed by atoms with Gasteiger partial charge in [-0.3, -0.25) is 9.59 Å². The summed E-state index contributed by atoms with van der Waals surface area (Å²) in [6, 6.07) is 16.6. The van der Waals surface area contributed by atoms with E-state index in [2.05, 4.69) is 0 Å². The average Bonchev–Trinajstić information content (AvgIpc) is 2.72. The first-order valence-corrected chi connectivity index (χ1v) is 9.41. The van der Waals surface area contributed by atoms with Crippen LogP contribution in [0.15, 0.2) is 54.6 Å². The Kier molecular flexibility index (Phi) is 6.19. The maximum Gasteiger partial charge on any atom is 0.254 e. The molecule has 0 aromatic heterocycles. The number of likely N-dealkylation sites (tertiary alicyclic amines) is 1. The number of carbonyl (C=O) groups excluding carboxylic acids is 2. The van der Waals surface area contributed by atoms with Gasteiger partial charge in [0.1, 0.15) is 11.5 Å². The van der Waals surface area contributed by atoms with Crippen molar-refractivity contribution in [2.75, 3.05) is 26.8 Å². The minimum atomic E-state index is -0.492. The quantitative estimate of drug-likeness (QED) is 0.798. The molecule has 1 heterocycles. The zero-order valence-electron chi connectivity index (χ0n) is 16.1. The zero-order valence-corrected chi connectivity index (χ0v) is 16.1. The van der Waals surface area contributed by atoms with Gasteiger partial charge in [0.15, 0.2) is 0 Å². The van der Waals surface area contributed by atoms with Crippen LogP contribution in [0.3, 0.4) is 0 Å². The molecule has 1 aliphatic heterocycles. The van der Waals surface area contributed by atoms with Crippen LogP contribution in [0, 0.1) is 5.41 Å². The van der Waals surface area contributed by atoms with Crippen LogP contribution in [0.5, 0.6) is 11.5 Å². The van der Waals surface area contributed by atoms with Crippen LogP contribution in [0.25, 0.3) is 0 Å². The van der Waals surface area contributed by atoms with E-state index in [4.69, 9.17) is 15.2 Å². The van der Waals surface area contributed by atoms with E-state index in [1.807, 2.05) is 30.3 Å². The molecule has 6 nitrogen and oxygen atoms in total. The molecule has 0 radical (unpaired) electrons. The van der Waals surface area contributed by atoms with Crippen LogP contribution in [0.2, 0.25) is 0 Å². The van der Waals surface area contributed by atoms with Gasteiger partial charge in [0.25, 0.3) is 5.91 Å². The van der Waals surface area contributed by atoms with Gasteiger partial charge in [0.05, 0.1) is 13.7 Å². The van der Waals surface area contributed by atoms with Crippen molar-refractivity contribution in [3.8, 4) is 11.5 Å². The van der Waals surface area contributed by atoms with Crippen LogP contribution in [-0.4, -0.2) is 43.5 Å². The zero-order chi connectivity index (χ0) is 20.0. The van der Waals surface area contributed by atoms with E-state index < -0.39 is 5.41 Å². The first kappa shape index (κ1) is 19.7. The Balaban J connectivity index is 1.77. The average molecular weight is 382 g/mol. The molecule has 2 aromatic rings. The van der Waals surface area contributed by atoms with Crippen molar-refractivity contribution in [2.45, 2.75) is 19.3 Å². The lowest BCUT2D eigenvalue weighted by Gasteiger charge is -2.42. The Morgan fingerprint density at radius 3 is 2.57 bits per heavy atom. The molecule has 3 rings (SSSR count). The predicted molar refractivity (Wildman–Crippen MR) is 106 cm³/mol. The molecule has 2 N–H and O–H groups in total. The van der Waals surface area contributed by atoms with Gasteiger partial charge in [-0.15, -0.1) is 0 Å². The van der Waals surface area contributed by atoms with Gasteiger partial charge in [-0.05, 0) is 43.2 Å². The van der Waals surface area contributed by atoms with Crippen molar-refractivity contribution < 1.29 is 19.1 Å². The van der Waals surface area contributed by atoms with Gasteiger partial charge in [-0.1, -0.05) is 24.3 Å². The molecule has 6 heteroatoms. The third-order valence-corrected chi connectivity index (χ3v) is 5.10. The second kappa shape index (κ2) is 8.78. The number of amides is 2. The van der Waals surface area contributed by atoms with E-state index in [1.54, 1.807) is 36.3 Å². The highest BCUT2D eigenvalue weighted by atomic mass is 16.5. The number of nitrogens with two attached hydrogens (primary N) is 1. The van der Waals surface area contributed by atoms with Crippen molar-refractivity contribution >= 4 is 11.8 Å². The van der Waals surface area contributed by atoms with Crippen LogP contribution in [0.1, 0.15) is 29.6 Å². The number of hydrogen-bond donors (Lipinski definition) is 1. The monoisotopic (exact) mass is 382 g/mol. The molecular weight excluding hydrogens is 356 g/mol. The van der Waals surface area contributed by atoms with Gasteiger partial charge in [0.2, 0.25) is 5.91 Å². The van der Waals surface area contributed by atoms with Crippen molar-refractivity contribution in [3.63, 3.8) is 0 Å². The van der Waals surface area contributed by atoms with Crippen molar-refractivity contribution in [3.05, 3.63) is 60.2 Å². The molecule has 28 heavy (non-hydrogen) atoms. The summed E-state index contributed by atoms with van der Waals surface area (Å²) in [6.45, 7) is 1.41. The van der Waals surface area contributed by atoms with Gasteiger partial charge in [-0.25, -0.2) is 0 Å². The summed E-state index contributed by atoms with van der Waals surface area (Å²) in [7, 11) is 1.57. The molecule has 1 atom stereocenters. The number of piperidine rings is 1. The number of primary amides is 1. The first-order valence-electron chi connectivity index (χ1n) is 9.41. The number of nitrogens with zero attached hydrogens (tertiary/aromatic N) is 1. The topological polar surface area (TPSA) is 81.9 Å². The summed E-state index contributed by atoms with van der Waals surface area (Å²) in [5.74, 6) is 0.917. The Hall–Kier alpha value is -3.02. The predicted octanol–water partition coefficient (Wildman–Crippen LogP) is 2.87. The molecule has 0 aliphatic carbocycles. The number of carbonyl (C=O) groups is 2. The molecule has 0 saturated carbocycles. The summed E-state index contributed by atoms with van der Waals surface area (Å²) in [6.07, 6.45) is 1.76. The van der Waals surface area contributed by atoms with Crippen LogP contribution >= 0.6 is 0 Å². The van der Waals surface area contributed by atoms with E-state index in [9.17, 15) is 9.59 Å². The number of hydrogen-bond acceptors (Lipinski definition) is 4. The maximum atomic E-state index is 13.0. The Morgan fingerprint density at radius 2 is 1.86 bits per heavy atom. The Morgan fingerprint density at radius 1 is 1.11 bits per heavy atom. The molecular formula is C22H26N2O4. The summed E-state index contributed by atoms with van der Waals surface area (Å²) in [5.41, 5.74) is 5.61. The number of para-hydroxylation sites is 1. The third-order valence-electron chi connectivity index (χ3n) is 5.10. The largest absolute Gasteiger partial charge is 0.497 e. The summed E-state index contributed by atoms with van der Waals surface area (Å²) >= 11 is 0. The van der Waals surface area contributed by atoms with Crippen molar-refractivity contribution in [1.29, 1.82) is 0 Å². The van der Waals surface area contributed by atoms with Crippen LogP contribution in [-0.2, 0) is 4.79 Å². The number of rotatable bonds is 7. The van der Waals surface area contributed by atoms with Gasteiger partial charge >= 0.3 is 0 Å².